The van der Waals surface area contributed by atoms with Crippen molar-refractivity contribution in [3.8, 4) is 0 Å². The molecule has 2 saturated carbocycles. The fourth-order valence-electron chi connectivity index (χ4n) is 4.68. The Hall–Kier alpha value is -0.780. The first kappa shape index (κ1) is 16.1. The van der Waals surface area contributed by atoms with E-state index in [2.05, 4.69) is 38.1 Å². The van der Waals surface area contributed by atoms with Gasteiger partial charge in [0.15, 0.2) is 0 Å². The van der Waals surface area contributed by atoms with Crippen LogP contribution in [0.4, 0.5) is 0 Å². The Morgan fingerprint density at radius 3 is 1.95 bits per heavy atom. The molecular weight excluding hydrogens is 264 g/mol. The Labute approximate surface area is 137 Å². The minimum absolute atomic E-state index is 0.844. The van der Waals surface area contributed by atoms with Crippen molar-refractivity contribution in [1.29, 1.82) is 0 Å². The van der Waals surface area contributed by atoms with E-state index < -0.39 is 0 Å². The highest BCUT2D eigenvalue weighted by Gasteiger charge is 2.27. The fraction of sp³-hybridized carbons (Fsp3) is 0.727. The highest BCUT2D eigenvalue weighted by atomic mass is 14.3. The largest absolute Gasteiger partial charge is 0.0654 e. The van der Waals surface area contributed by atoms with Gasteiger partial charge in [0.05, 0.1) is 0 Å². The topological polar surface area (TPSA) is 0 Å². The molecule has 0 amide bonds. The molecule has 0 N–H and O–H groups in total. The van der Waals surface area contributed by atoms with Gasteiger partial charge in [-0.05, 0) is 73.3 Å². The van der Waals surface area contributed by atoms with E-state index in [-0.39, 0.29) is 0 Å². The summed E-state index contributed by atoms with van der Waals surface area (Å²) in [7, 11) is 0. The zero-order chi connectivity index (χ0) is 15.4. The molecule has 0 bridgehead atoms. The molecule has 2 aliphatic rings. The first-order valence-electron chi connectivity index (χ1n) is 9.86. The van der Waals surface area contributed by atoms with Crippen LogP contribution in [0.2, 0.25) is 0 Å². The molecule has 122 valence electrons. The SMILES string of the molecule is CCCCCC1CCC(c2ccc(C3CC(C)C3)cc2)CC1. The van der Waals surface area contributed by atoms with Gasteiger partial charge < -0.3 is 0 Å². The quantitative estimate of drug-likeness (QED) is 0.493. The second-order valence-corrected chi connectivity index (χ2v) is 8.15. The van der Waals surface area contributed by atoms with E-state index >= 15 is 0 Å². The van der Waals surface area contributed by atoms with E-state index in [1.807, 2.05) is 0 Å². The van der Waals surface area contributed by atoms with Crippen LogP contribution in [-0.2, 0) is 0 Å². The molecule has 2 aliphatic carbocycles. The van der Waals surface area contributed by atoms with Crippen LogP contribution in [0.5, 0.6) is 0 Å². The lowest BCUT2D eigenvalue weighted by Gasteiger charge is -2.33. The molecule has 0 unspecified atom stereocenters. The van der Waals surface area contributed by atoms with Crippen LogP contribution in [0.1, 0.15) is 101 Å². The van der Waals surface area contributed by atoms with Crippen LogP contribution in [0.3, 0.4) is 0 Å². The van der Waals surface area contributed by atoms with Crippen molar-refractivity contribution < 1.29 is 0 Å². The third-order valence-corrected chi connectivity index (χ3v) is 6.32. The summed E-state index contributed by atoms with van der Waals surface area (Å²) in [5.41, 5.74) is 3.21. The van der Waals surface area contributed by atoms with Crippen molar-refractivity contribution in [2.45, 2.75) is 89.9 Å². The zero-order valence-corrected chi connectivity index (χ0v) is 14.7. The molecule has 0 spiro atoms. The Kier molecular flexibility index (Phi) is 5.61. The Morgan fingerprint density at radius 2 is 1.41 bits per heavy atom. The predicted octanol–water partition coefficient (Wildman–Crippen LogP) is 7.05. The Balaban J connectivity index is 1.47. The lowest BCUT2D eigenvalue weighted by molar-refractivity contribution is 0.288. The molecule has 0 heteroatoms. The van der Waals surface area contributed by atoms with Crippen LogP contribution in [0.15, 0.2) is 24.3 Å². The molecule has 1 aromatic rings. The summed E-state index contributed by atoms with van der Waals surface area (Å²) in [4.78, 5) is 0. The minimum atomic E-state index is 0.844. The molecule has 2 fully saturated rings. The van der Waals surface area contributed by atoms with Crippen LogP contribution < -0.4 is 0 Å². The summed E-state index contributed by atoms with van der Waals surface area (Å²) in [6.45, 7) is 4.69. The number of unbranched alkanes of at least 4 members (excludes halogenated alkanes) is 2. The highest BCUT2D eigenvalue weighted by molar-refractivity contribution is 5.29. The van der Waals surface area contributed by atoms with Crippen LogP contribution in [-0.4, -0.2) is 0 Å². The molecule has 22 heavy (non-hydrogen) atoms. The summed E-state index contributed by atoms with van der Waals surface area (Å²) in [6, 6.07) is 9.75. The van der Waals surface area contributed by atoms with E-state index in [1.54, 1.807) is 11.1 Å². The van der Waals surface area contributed by atoms with Gasteiger partial charge in [-0.2, -0.15) is 0 Å². The molecule has 0 nitrogen and oxygen atoms in total. The van der Waals surface area contributed by atoms with Crippen molar-refractivity contribution in [3.05, 3.63) is 35.4 Å². The molecule has 0 atom stereocenters. The second kappa shape index (κ2) is 7.66. The van der Waals surface area contributed by atoms with Gasteiger partial charge in [0, 0.05) is 0 Å². The third-order valence-electron chi connectivity index (χ3n) is 6.32. The average Bonchev–Trinajstić information content (AvgIpc) is 2.53. The average molecular weight is 299 g/mol. The number of rotatable bonds is 6. The Morgan fingerprint density at radius 1 is 0.818 bits per heavy atom. The normalized spacial score (nSPS) is 31.7. The van der Waals surface area contributed by atoms with Crippen molar-refractivity contribution in [2.24, 2.45) is 11.8 Å². The molecule has 0 radical (unpaired) electrons. The number of benzene rings is 1. The second-order valence-electron chi connectivity index (χ2n) is 8.15. The summed E-state index contributed by atoms with van der Waals surface area (Å²) in [5, 5.41) is 0. The first-order valence-corrected chi connectivity index (χ1v) is 9.86. The van der Waals surface area contributed by atoms with Crippen molar-refractivity contribution in [3.63, 3.8) is 0 Å². The van der Waals surface area contributed by atoms with Gasteiger partial charge in [-0.1, -0.05) is 63.8 Å². The van der Waals surface area contributed by atoms with Gasteiger partial charge in [-0.25, -0.2) is 0 Å². The number of hydrogen-bond acceptors (Lipinski definition) is 0. The molecule has 3 rings (SSSR count). The standard InChI is InChI=1S/C22H34/c1-3-4-5-6-18-7-9-19(10-8-18)20-11-13-21(14-12-20)22-15-17(2)16-22/h11-14,17-19,22H,3-10,15-16H2,1-2H3. The van der Waals surface area contributed by atoms with Crippen molar-refractivity contribution >= 4 is 0 Å². The highest BCUT2D eigenvalue weighted by Crippen LogP contribution is 2.42. The summed E-state index contributed by atoms with van der Waals surface area (Å²) in [6.07, 6.45) is 14.3. The summed E-state index contributed by atoms with van der Waals surface area (Å²) >= 11 is 0. The summed E-state index contributed by atoms with van der Waals surface area (Å²) < 4.78 is 0. The van der Waals surface area contributed by atoms with Crippen LogP contribution >= 0.6 is 0 Å². The van der Waals surface area contributed by atoms with Gasteiger partial charge in [0.2, 0.25) is 0 Å². The molecule has 0 heterocycles. The van der Waals surface area contributed by atoms with Gasteiger partial charge >= 0.3 is 0 Å². The monoisotopic (exact) mass is 298 g/mol. The molecule has 1 aromatic carbocycles. The van der Waals surface area contributed by atoms with Crippen LogP contribution in [0.25, 0.3) is 0 Å². The van der Waals surface area contributed by atoms with Gasteiger partial charge in [0.25, 0.3) is 0 Å². The lowest BCUT2D eigenvalue weighted by Crippen LogP contribution is -2.19. The molecule has 0 aromatic heterocycles. The molecular formula is C22H34. The Bertz CT molecular complexity index is 430. The third kappa shape index (κ3) is 3.94. The van der Waals surface area contributed by atoms with Crippen molar-refractivity contribution in [2.75, 3.05) is 0 Å². The maximum Gasteiger partial charge on any atom is -0.0157 e. The van der Waals surface area contributed by atoms with E-state index in [0.29, 0.717) is 0 Å². The van der Waals surface area contributed by atoms with E-state index in [9.17, 15) is 0 Å². The zero-order valence-electron chi connectivity index (χ0n) is 14.7. The van der Waals surface area contributed by atoms with Gasteiger partial charge in [0.1, 0.15) is 0 Å². The maximum absolute atomic E-state index is 2.44. The van der Waals surface area contributed by atoms with Gasteiger partial charge in [-0.3, -0.25) is 0 Å². The van der Waals surface area contributed by atoms with E-state index in [1.165, 1.54) is 64.2 Å². The molecule has 0 saturated heterocycles. The fourth-order valence-corrected chi connectivity index (χ4v) is 4.68. The smallest absolute Gasteiger partial charge is 0.0157 e. The maximum atomic E-state index is 2.44. The first-order chi connectivity index (χ1) is 10.8. The van der Waals surface area contributed by atoms with Crippen LogP contribution in [0, 0.1) is 11.8 Å². The van der Waals surface area contributed by atoms with Gasteiger partial charge in [-0.15, -0.1) is 0 Å². The predicted molar refractivity (Wildman–Crippen MR) is 96.4 cm³/mol. The van der Waals surface area contributed by atoms with Crippen molar-refractivity contribution in [1.82, 2.24) is 0 Å². The molecule has 0 aliphatic heterocycles. The van der Waals surface area contributed by atoms with E-state index in [4.69, 9.17) is 0 Å². The minimum Gasteiger partial charge on any atom is -0.0654 e. The van der Waals surface area contributed by atoms with E-state index in [0.717, 1.165) is 23.7 Å². The lowest BCUT2D eigenvalue weighted by atomic mass is 9.72. The number of hydrogen-bond donors (Lipinski definition) is 0. The summed E-state index contributed by atoms with van der Waals surface area (Å²) in [5.74, 6) is 3.68.